The molecule has 4 rings (SSSR count). The molecule has 38 heavy (non-hydrogen) atoms. The Morgan fingerprint density at radius 2 is 1.18 bits per heavy atom. The molecule has 0 saturated heterocycles. The molecule has 3 aromatic carbocycles. The van der Waals surface area contributed by atoms with Gasteiger partial charge in [0.05, 0.1) is 22.5 Å². The maximum atomic E-state index is 12.1. The predicted octanol–water partition coefficient (Wildman–Crippen LogP) is -4.65. The van der Waals surface area contributed by atoms with Crippen molar-refractivity contribution < 1.29 is 88.2 Å². The first-order chi connectivity index (χ1) is 16.6. The van der Waals surface area contributed by atoms with Gasteiger partial charge in [-0.25, -0.2) is 26.4 Å². The van der Waals surface area contributed by atoms with Crippen LogP contribution >= 0.6 is 0 Å². The van der Waals surface area contributed by atoms with Crippen LogP contribution in [0.15, 0.2) is 52.3 Å². The molecular weight excluding hydrogens is 534 g/mol. The van der Waals surface area contributed by atoms with Crippen LogP contribution < -0.4 is 53.9 Å². The molecule has 0 aromatic heterocycles. The minimum atomic E-state index is -5.36. The number of hydrogen-bond donors (Lipinski definition) is 4. The van der Waals surface area contributed by atoms with Crippen LogP contribution in [0.25, 0.3) is 0 Å². The van der Waals surface area contributed by atoms with Crippen LogP contribution in [-0.2, 0) is 20.2 Å². The monoisotopic (exact) mass is 548 g/mol. The number of rotatable bonds is 5. The fourth-order valence-electron chi connectivity index (χ4n) is 4.10. The Morgan fingerprint density at radius 1 is 0.737 bits per heavy atom. The number of ether oxygens (including phenoxy) is 1. The number of carboxylic acids is 2. The smallest absolute Gasteiger partial charge is 0.744 e. The third-order valence-electron chi connectivity index (χ3n) is 5.51. The molecular formula is C21H14Li2N2O11S2. The molecule has 0 fully saturated rings. The minimum absolute atomic E-state index is 0. The maximum Gasteiger partial charge on any atom is 1.00 e. The first kappa shape index (κ1) is 31.2. The number of fused-ring (bicyclic) bond motifs is 2. The number of nitrogens with two attached hydrogens (primary N) is 2. The SMILES string of the molecule is Nc1ccc2c(c1S(=O)(=O)[O-])Oc1c(ccc(N)c1S(=O)(=O)[O-])C2c1cc(C(=O)O)ccc1C(=O)O.[Li+].[Li+]. The summed E-state index contributed by atoms with van der Waals surface area (Å²) in [5.41, 5.74) is 8.91. The maximum absolute atomic E-state index is 12.1. The van der Waals surface area contributed by atoms with Gasteiger partial charge < -0.3 is 35.5 Å². The fraction of sp³-hybridized carbons (Fsp3) is 0.0476. The van der Waals surface area contributed by atoms with Crippen molar-refractivity contribution >= 4 is 43.5 Å². The number of nitrogen functional groups attached to an aromatic ring is 2. The third-order valence-corrected chi connectivity index (χ3v) is 7.35. The van der Waals surface area contributed by atoms with Crippen molar-refractivity contribution in [2.75, 3.05) is 11.5 Å². The van der Waals surface area contributed by atoms with Crippen molar-refractivity contribution in [1.29, 1.82) is 0 Å². The van der Waals surface area contributed by atoms with Crippen molar-refractivity contribution in [2.24, 2.45) is 0 Å². The number of hydrogen-bond acceptors (Lipinski definition) is 11. The van der Waals surface area contributed by atoms with E-state index in [2.05, 4.69) is 0 Å². The Balaban J connectivity index is 0.00000253. The van der Waals surface area contributed by atoms with Crippen molar-refractivity contribution in [3.05, 3.63) is 70.3 Å². The molecule has 0 saturated carbocycles. The molecule has 0 radical (unpaired) electrons. The summed E-state index contributed by atoms with van der Waals surface area (Å²) in [6.45, 7) is 0. The number of carbonyl (C=O) groups is 2. The van der Waals surface area contributed by atoms with Crippen LogP contribution in [0.5, 0.6) is 11.5 Å². The number of benzene rings is 3. The van der Waals surface area contributed by atoms with Crippen molar-refractivity contribution in [3.63, 3.8) is 0 Å². The minimum Gasteiger partial charge on any atom is -0.744 e. The summed E-state index contributed by atoms with van der Waals surface area (Å²) < 4.78 is 77.8. The van der Waals surface area contributed by atoms with Gasteiger partial charge in [0.1, 0.15) is 30.0 Å². The van der Waals surface area contributed by atoms with Crippen molar-refractivity contribution in [1.82, 2.24) is 0 Å². The first-order valence-corrected chi connectivity index (χ1v) is 12.5. The Morgan fingerprint density at radius 3 is 1.55 bits per heavy atom. The van der Waals surface area contributed by atoms with Crippen LogP contribution in [0.1, 0.15) is 43.3 Å². The zero-order valence-electron chi connectivity index (χ0n) is 19.7. The van der Waals surface area contributed by atoms with Gasteiger partial charge in [0.25, 0.3) is 0 Å². The molecule has 1 heterocycles. The van der Waals surface area contributed by atoms with E-state index in [1.807, 2.05) is 0 Å². The fourth-order valence-corrected chi connectivity index (χ4v) is 5.59. The molecule has 0 spiro atoms. The summed E-state index contributed by atoms with van der Waals surface area (Å²) in [5, 5.41) is 19.2. The number of anilines is 2. The summed E-state index contributed by atoms with van der Waals surface area (Å²) in [6, 6.07) is 7.47. The van der Waals surface area contributed by atoms with E-state index in [-0.39, 0.29) is 60.0 Å². The second kappa shape index (κ2) is 10.6. The number of aromatic carboxylic acids is 2. The molecule has 3 aromatic rings. The average molecular weight is 548 g/mol. The van der Waals surface area contributed by atoms with E-state index in [9.17, 15) is 45.7 Å². The van der Waals surface area contributed by atoms with Crippen LogP contribution in [0.4, 0.5) is 11.4 Å². The molecule has 0 aliphatic carbocycles. The molecule has 1 aliphatic heterocycles. The van der Waals surface area contributed by atoms with E-state index in [0.29, 0.717) is 0 Å². The zero-order valence-corrected chi connectivity index (χ0v) is 21.3. The van der Waals surface area contributed by atoms with Gasteiger partial charge in [-0.05, 0) is 35.9 Å². The first-order valence-electron chi connectivity index (χ1n) is 9.67. The van der Waals surface area contributed by atoms with Crippen LogP contribution in [0, 0.1) is 0 Å². The Hall–Kier alpha value is -2.99. The average Bonchev–Trinajstić information content (AvgIpc) is 2.74. The van der Waals surface area contributed by atoms with E-state index in [1.54, 1.807) is 0 Å². The van der Waals surface area contributed by atoms with E-state index < -0.39 is 76.3 Å². The van der Waals surface area contributed by atoms with Gasteiger partial charge in [-0.3, -0.25) is 0 Å². The molecule has 13 nitrogen and oxygen atoms in total. The summed E-state index contributed by atoms with van der Waals surface area (Å²) in [6.07, 6.45) is 0. The van der Waals surface area contributed by atoms with Gasteiger partial charge >= 0.3 is 49.7 Å². The summed E-state index contributed by atoms with van der Waals surface area (Å²) in [4.78, 5) is 21.5. The molecule has 0 bridgehead atoms. The molecule has 188 valence electrons. The zero-order chi connectivity index (χ0) is 26.7. The quantitative estimate of drug-likeness (QED) is 0.104. The molecule has 1 aliphatic rings. The van der Waals surface area contributed by atoms with Crippen molar-refractivity contribution in [3.8, 4) is 11.5 Å². The topological polar surface area (TPSA) is 250 Å². The number of carboxylic acid groups (broad SMARTS) is 2. The predicted molar refractivity (Wildman–Crippen MR) is 119 cm³/mol. The second-order valence-electron chi connectivity index (χ2n) is 7.66. The molecule has 17 heteroatoms. The van der Waals surface area contributed by atoms with Gasteiger partial charge in [0.15, 0.2) is 11.5 Å². The normalized spacial score (nSPS) is 12.7. The Labute approximate surface area is 239 Å². The van der Waals surface area contributed by atoms with Crippen LogP contribution in [0.2, 0.25) is 0 Å². The van der Waals surface area contributed by atoms with Gasteiger partial charge in [-0.1, -0.05) is 12.1 Å². The molecule has 0 amide bonds. The van der Waals surface area contributed by atoms with Crippen LogP contribution in [0.3, 0.4) is 0 Å². The second-order valence-corrected chi connectivity index (χ2v) is 10.3. The summed E-state index contributed by atoms with van der Waals surface area (Å²) >= 11 is 0. The van der Waals surface area contributed by atoms with Gasteiger partial charge in [-0.2, -0.15) is 0 Å². The van der Waals surface area contributed by atoms with Crippen LogP contribution in [-0.4, -0.2) is 48.1 Å². The molecule has 0 atom stereocenters. The molecule has 0 unspecified atom stereocenters. The van der Waals surface area contributed by atoms with E-state index in [1.165, 1.54) is 12.1 Å². The third kappa shape index (κ3) is 5.29. The van der Waals surface area contributed by atoms with E-state index >= 15 is 0 Å². The van der Waals surface area contributed by atoms with Gasteiger partial charge in [-0.15, -0.1) is 0 Å². The van der Waals surface area contributed by atoms with E-state index in [0.717, 1.165) is 30.3 Å². The van der Waals surface area contributed by atoms with Crippen molar-refractivity contribution in [2.45, 2.75) is 15.7 Å². The van der Waals surface area contributed by atoms with E-state index in [4.69, 9.17) is 16.2 Å². The Bertz CT molecular complexity index is 1620. The summed E-state index contributed by atoms with van der Waals surface area (Å²) in [7, 11) is -10.7. The van der Waals surface area contributed by atoms with Gasteiger partial charge in [0, 0.05) is 17.0 Å². The molecule has 6 N–H and O–H groups in total. The van der Waals surface area contributed by atoms with Gasteiger partial charge in [0.2, 0.25) is 0 Å². The largest absolute Gasteiger partial charge is 1.00 e. The summed E-state index contributed by atoms with van der Waals surface area (Å²) in [5.74, 6) is -5.86. The standard InChI is InChI=1S/C21H16N2O11S2.2Li/c22-13-5-3-10-15(12-7-8(20(24)25)1-2-9(12)21(26)27)11-4-6-14(23)19(36(31,32)33)17(11)34-16(10)18(13)35(28,29)30;;/h1-7,15H,22-23H2,(H,24,25)(H,26,27)(H,28,29,30)(H,31,32,33);;/q;2*+1/p-2. The Kier molecular flexibility index (Phi) is 8.75.